The molecule has 2 aliphatic rings. The molecule has 29 heavy (non-hydrogen) atoms. The van der Waals surface area contributed by atoms with Crippen molar-refractivity contribution in [1.29, 1.82) is 0 Å². The molecule has 0 radical (unpaired) electrons. The number of carbonyl (C=O) groups is 1. The number of cyclic esters (lactones) is 1. The van der Waals surface area contributed by atoms with Crippen LogP contribution in [0, 0.1) is 0 Å². The van der Waals surface area contributed by atoms with Gasteiger partial charge < -0.3 is 30.7 Å². The van der Waals surface area contributed by atoms with Gasteiger partial charge in [0.05, 0.1) is 6.04 Å². The van der Waals surface area contributed by atoms with Gasteiger partial charge >= 0.3 is 6.09 Å². The van der Waals surface area contributed by atoms with E-state index < -0.39 is 36.6 Å². The zero-order valence-corrected chi connectivity index (χ0v) is 18.2. The van der Waals surface area contributed by atoms with Crippen LogP contribution in [-0.2, 0) is 4.74 Å². The first-order chi connectivity index (χ1) is 14.0. The summed E-state index contributed by atoms with van der Waals surface area (Å²) in [5.74, 6) is 0. The molecule has 3 unspecified atom stereocenters. The molecule has 0 bridgehead atoms. The predicted molar refractivity (Wildman–Crippen MR) is 114 cm³/mol. The Morgan fingerprint density at radius 1 is 1.00 bits per heavy atom. The topological polar surface area (TPSA) is 114 Å². The maximum Gasteiger partial charge on any atom is 0.412 e. The molecule has 2 heterocycles. The fourth-order valence-corrected chi connectivity index (χ4v) is 4.19. The van der Waals surface area contributed by atoms with Crippen LogP contribution in [0.1, 0.15) is 71.1 Å². The maximum absolute atomic E-state index is 12.0. The molecule has 1 amide bonds. The van der Waals surface area contributed by atoms with Crippen molar-refractivity contribution < 1.29 is 24.9 Å². The van der Waals surface area contributed by atoms with E-state index in [0.29, 0.717) is 11.7 Å². The van der Waals surface area contributed by atoms with Gasteiger partial charge in [-0.3, -0.25) is 4.90 Å². The number of ether oxygens (including phenoxy) is 1. The van der Waals surface area contributed by atoms with Crippen LogP contribution in [0.3, 0.4) is 0 Å². The zero-order chi connectivity index (χ0) is 21.2. The quantitative estimate of drug-likeness (QED) is 0.234. The molecule has 2 rings (SSSR count). The number of nitrogens with one attached hydrogen (secondary N) is 2. The molecular formula is C20H37N3O5S. The average Bonchev–Trinajstić information content (AvgIpc) is 3.09. The van der Waals surface area contributed by atoms with Gasteiger partial charge in [0, 0.05) is 6.54 Å². The van der Waals surface area contributed by atoms with Crippen LogP contribution >= 0.6 is 12.2 Å². The summed E-state index contributed by atoms with van der Waals surface area (Å²) >= 11 is 5.27. The Morgan fingerprint density at radius 3 is 2.21 bits per heavy atom. The lowest BCUT2D eigenvalue weighted by Gasteiger charge is -2.44. The third kappa shape index (κ3) is 6.94. The maximum atomic E-state index is 12.0. The van der Waals surface area contributed by atoms with Gasteiger partial charge in [-0.05, 0) is 18.6 Å². The number of aliphatic hydroxyl groups excluding tert-OH is 3. The van der Waals surface area contributed by atoms with E-state index in [2.05, 4.69) is 17.6 Å². The number of rotatable bonds is 12. The predicted octanol–water partition coefficient (Wildman–Crippen LogP) is 1.61. The number of amides is 1. The second kappa shape index (κ2) is 12.5. The van der Waals surface area contributed by atoms with Crippen molar-refractivity contribution in [3.8, 4) is 0 Å². The van der Waals surface area contributed by atoms with E-state index >= 15 is 0 Å². The Morgan fingerprint density at radius 2 is 1.59 bits per heavy atom. The molecule has 0 aliphatic carbocycles. The molecule has 2 aliphatic heterocycles. The number of thiocarbonyl (C=S) groups is 1. The Hall–Kier alpha value is -1.16. The second-order valence-electron chi connectivity index (χ2n) is 8.05. The first-order valence-corrected chi connectivity index (χ1v) is 11.4. The summed E-state index contributed by atoms with van der Waals surface area (Å²) < 4.78 is 4.95. The molecule has 168 valence electrons. The number of nitrogens with zero attached hydrogens (tertiary/aromatic N) is 1. The van der Waals surface area contributed by atoms with Crippen LogP contribution in [-0.4, -0.2) is 75.1 Å². The Balaban J connectivity index is 1.60. The standard InChI is InChI=1S/C20H37N3O5S/c1-2-3-4-5-6-7-8-9-10-11-12-21-19(29)22-18-17(26)16(25)15(24)14-13-28-20(27)23(14)18/h14-18,24-26H,2-13H2,1H3,(H2,21,22,29)/t14?,15-,16?,17?,18+/m1/s1. The summed E-state index contributed by atoms with van der Waals surface area (Å²) in [7, 11) is 0. The molecule has 5 N–H and O–H groups in total. The van der Waals surface area contributed by atoms with Gasteiger partial charge in [-0.1, -0.05) is 64.7 Å². The number of hydrogen-bond acceptors (Lipinski definition) is 6. The molecule has 0 spiro atoms. The van der Waals surface area contributed by atoms with Crippen molar-refractivity contribution >= 4 is 23.4 Å². The van der Waals surface area contributed by atoms with E-state index in [9.17, 15) is 20.1 Å². The van der Waals surface area contributed by atoms with Crippen LogP contribution in [0.2, 0.25) is 0 Å². The van der Waals surface area contributed by atoms with Crippen LogP contribution < -0.4 is 10.6 Å². The van der Waals surface area contributed by atoms with Crippen molar-refractivity contribution in [2.75, 3.05) is 13.2 Å². The minimum absolute atomic E-state index is 0.0270. The SMILES string of the molecule is CCCCCCCCCCCCNC(=S)N[C@@H]1C(O)C(O)[C@H](O)C2COC(=O)N21. The Bertz CT molecular complexity index is 524. The number of fused-ring (bicyclic) bond motifs is 1. The Labute approximate surface area is 179 Å². The van der Waals surface area contributed by atoms with Crippen LogP contribution in [0.15, 0.2) is 0 Å². The van der Waals surface area contributed by atoms with Crippen molar-refractivity contribution in [2.45, 2.75) is 102 Å². The van der Waals surface area contributed by atoms with E-state index in [0.717, 1.165) is 12.8 Å². The lowest BCUT2D eigenvalue weighted by molar-refractivity contribution is -0.144. The molecule has 0 aromatic heterocycles. The summed E-state index contributed by atoms with van der Waals surface area (Å²) in [6, 6.07) is -0.705. The smallest absolute Gasteiger partial charge is 0.412 e. The minimum Gasteiger partial charge on any atom is -0.447 e. The molecule has 8 nitrogen and oxygen atoms in total. The molecule has 2 saturated heterocycles. The number of hydrogen-bond donors (Lipinski definition) is 5. The zero-order valence-electron chi connectivity index (χ0n) is 17.4. The van der Waals surface area contributed by atoms with Gasteiger partial charge in [-0.25, -0.2) is 4.79 Å². The fourth-order valence-electron chi connectivity index (χ4n) is 3.97. The lowest BCUT2D eigenvalue weighted by Crippen LogP contribution is -2.70. The highest BCUT2D eigenvalue weighted by atomic mass is 32.1. The third-order valence-electron chi connectivity index (χ3n) is 5.76. The molecule has 2 fully saturated rings. The van der Waals surface area contributed by atoms with Gasteiger partial charge in [0.2, 0.25) is 0 Å². The highest BCUT2D eigenvalue weighted by molar-refractivity contribution is 7.80. The lowest BCUT2D eigenvalue weighted by atomic mass is 9.93. The van der Waals surface area contributed by atoms with E-state index in [1.165, 1.54) is 56.3 Å². The summed E-state index contributed by atoms with van der Waals surface area (Å²) in [4.78, 5) is 13.2. The molecule has 5 atom stereocenters. The summed E-state index contributed by atoms with van der Waals surface area (Å²) in [5, 5.41) is 36.6. The molecule has 0 aromatic carbocycles. The summed E-state index contributed by atoms with van der Waals surface area (Å²) in [6.45, 7) is 2.91. The largest absolute Gasteiger partial charge is 0.447 e. The normalized spacial score (nSPS) is 28.8. The molecule has 0 aromatic rings. The first-order valence-electron chi connectivity index (χ1n) is 11.0. The van der Waals surface area contributed by atoms with Crippen molar-refractivity contribution in [1.82, 2.24) is 15.5 Å². The minimum atomic E-state index is -1.38. The van der Waals surface area contributed by atoms with Crippen molar-refractivity contribution in [3.63, 3.8) is 0 Å². The highest BCUT2D eigenvalue weighted by Gasteiger charge is 2.54. The fraction of sp³-hybridized carbons (Fsp3) is 0.900. The highest BCUT2D eigenvalue weighted by Crippen LogP contribution is 2.28. The van der Waals surface area contributed by atoms with Crippen molar-refractivity contribution in [3.05, 3.63) is 0 Å². The van der Waals surface area contributed by atoms with Gasteiger partial charge in [0.25, 0.3) is 0 Å². The van der Waals surface area contributed by atoms with Gasteiger partial charge in [0.1, 0.15) is 31.1 Å². The van der Waals surface area contributed by atoms with Crippen LogP contribution in [0.5, 0.6) is 0 Å². The first kappa shape index (κ1) is 24.1. The number of piperidine rings is 1. The third-order valence-corrected chi connectivity index (χ3v) is 6.02. The molecular weight excluding hydrogens is 394 g/mol. The number of aliphatic hydroxyl groups is 3. The van der Waals surface area contributed by atoms with E-state index in [-0.39, 0.29) is 6.61 Å². The number of unbranched alkanes of at least 4 members (excludes halogenated alkanes) is 9. The van der Waals surface area contributed by atoms with Crippen LogP contribution in [0.25, 0.3) is 0 Å². The summed E-state index contributed by atoms with van der Waals surface area (Å²) in [5.41, 5.74) is 0. The number of carbonyl (C=O) groups excluding carboxylic acids is 1. The van der Waals surface area contributed by atoms with E-state index in [1.807, 2.05) is 0 Å². The van der Waals surface area contributed by atoms with Gasteiger partial charge in [-0.2, -0.15) is 0 Å². The molecule has 0 saturated carbocycles. The average molecular weight is 432 g/mol. The monoisotopic (exact) mass is 431 g/mol. The second-order valence-corrected chi connectivity index (χ2v) is 8.46. The van der Waals surface area contributed by atoms with Crippen molar-refractivity contribution in [2.24, 2.45) is 0 Å². The Kier molecular flexibility index (Phi) is 10.4. The summed E-state index contributed by atoms with van der Waals surface area (Å²) in [6.07, 6.45) is 6.95. The molecule has 9 heteroatoms. The van der Waals surface area contributed by atoms with E-state index in [1.54, 1.807) is 0 Å². The van der Waals surface area contributed by atoms with Gasteiger partial charge in [0.15, 0.2) is 5.11 Å². The van der Waals surface area contributed by atoms with Gasteiger partial charge in [-0.15, -0.1) is 0 Å². The van der Waals surface area contributed by atoms with E-state index in [4.69, 9.17) is 17.0 Å². The van der Waals surface area contributed by atoms with Crippen LogP contribution in [0.4, 0.5) is 4.79 Å².